The maximum absolute atomic E-state index is 13.4. The SMILES string of the molecule is COc1ccc(-c2cc(N(C(=O)C3CCC(C)CC3)C(C)C)c(OC(=O)O)s2)cc1. The Bertz CT molecular complexity index is 881. The van der Waals surface area contributed by atoms with Crippen molar-refractivity contribution in [2.45, 2.75) is 52.5 Å². The summed E-state index contributed by atoms with van der Waals surface area (Å²) < 4.78 is 10.3. The second kappa shape index (κ2) is 9.51. The average Bonchev–Trinajstić information content (AvgIpc) is 3.11. The van der Waals surface area contributed by atoms with Crippen LogP contribution in [0.15, 0.2) is 30.3 Å². The van der Waals surface area contributed by atoms with Crippen LogP contribution < -0.4 is 14.4 Å². The van der Waals surface area contributed by atoms with Crippen LogP contribution in [-0.2, 0) is 4.79 Å². The molecule has 2 aromatic rings. The number of carboxylic acid groups (broad SMARTS) is 1. The number of anilines is 1. The lowest BCUT2D eigenvalue weighted by Gasteiger charge is -2.33. The van der Waals surface area contributed by atoms with Crippen LogP contribution in [0.25, 0.3) is 10.4 Å². The maximum atomic E-state index is 13.4. The highest BCUT2D eigenvalue weighted by Gasteiger charge is 2.33. The van der Waals surface area contributed by atoms with Crippen molar-refractivity contribution < 1.29 is 24.2 Å². The summed E-state index contributed by atoms with van der Waals surface area (Å²) in [5.41, 5.74) is 1.43. The number of hydrogen-bond acceptors (Lipinski definition) is 5. The van der Waals surface area contributed by atoms with Crippen molar-refractivity contribution in [2.24, 2.45) is 11.8 Å². The zero-order valence-electron chi connectivity index (χ0n) is 17.9. The molecule has 1 aliphatic carbocycles. The molecule has 1 amide bonds. The Labute approximate surface area is 181 Å². The van der Waals surface area contributed by atoms with Crippen molar-refractivity contribution in [3.8, 4) is 21.3 Å². The number of ether oxygens (including phenoxy) is 2. The summed E-state index contributed by atoms with van der Waals surface area (Å²) in [5.74, 6) is 1.40. The van der Waals surface area contributed by atoms with Gasteiger partial charge in [-0.05, 0) is 81.3 Å². The molecule has 30 heavy (non-hydrogen) atoms. The molecular weight excluding hydrogens is 402 g/mol. The standard InChI is InChI=1S/C23H29NO5S/c1-14(2)24(21(25)17-7-5-15(3)6-8-17)19-13-20(30-22(19)29-23(26)27)16-9-11-18(28-4)12-10-16/h9-15,17H,5-8H2,1-4H3,(H,26,27). The van der Waals surface area contributed by atoms with Crippen LogP contribution in [0.4, 0.5) is 10.5 Å². The molecule has 0 aliphatic heterocycles. The van der Waals surface area contributed by atoms with E-state index in [0.29, 0.717) is 11.6 Å². The van der Waals surface area contributed by atoms with Gasteiger partial charge in [-0.3, -0.25) is 4.79 Å². The fourth-order valence-electron chi connectivity index (χ4n) is 3.94. The third-order valence-corrected chi connectivity index (χ3v) is 6.66. The van der Waals surface area contributed by atoms with Gasteiger partial charge in [-0.15, -0.1) is 0 Å². The van der Waals surface area contributed by atoms with Crippen LogP contribution in [0, 0.1) is 11.8 Å². The summed E-state index contributed by atoms with van der Waals surface area (Å²) in [6, 6.07) is 9.24. The molecule has 0 bridgehead atoms. The van der Waals surface area contributed by atoms with E-state index in [4.69, 9.17) is 9.47 Å². The third-order valence-electron chi connectivity index (χ3n) is 5.61. The molecule has 0 radical (unpaired) electrons. The normalized spacial score (nSPS) is 18.8. The minimum absolute atomic E-state index is 0.0365. The summed E-state index contributed by atoms with van der Waals surface area (Å²) in [6.07, 6.45) is 2.44. The van der Waals surface area contributed by atoms with Gasteiger partial charge in [0, 0.05) is 16.8 Å². The first kappa shape index (κ1) is 22.2. The van der Waals surface area contributed by atoms with Gasteiger partial charge in [-0.25, -0.2) is 4.79 Å². The predicted octanol–water partition coefficient (Wildman–Crippen LogP) is 6.05. The quantitative estimate of drug-likeness (QED) is 0.564. The minimum atomic E-state index is -1.39. The molecule has 6 nitrogen and oxygen atoms in total. The Morgan fingerprint density at radius 2 is 1.77 bits per heavy atom. The van der Waals surface area contributed by atoms with Gasteiger partial charge in [0.25, 0.3) is 0 Å². The number of benzene rings is 1. The highest BCUT2D eigenvalue weighted by atomic mass is 32.1. The van der Waals surface area contributed by atoms with Crippen molar-refractivity contribution in [1.29, 1.82) is 0 Å². The number of thiophene rings is 1. The second-order valence-corrected chi connectivity index (χ2v) is 9.15. The predicted molar refractivity (Wildman–Crippen MR) is 119 cm³/mol. The van der Waals surface area contributed by atoms with E-state index in [1.807, 2.05) is 44.2 Å². The lowest BCUT2D eigenvalue weighted by molar-refractivity contribution is -0.123. The summed E-state index contributed by atoms with van der Waals surface area (Å²) in [7, 11) is 1.61. The minimum Gasteiger partial charge on any atom is -0.497 e. The van der Waals surface area contributed by atoms with Gasteiger partial charge in [-0.2, -0.15) is 0 Å². The molecule has 162 valence electrons. The maximum Gasteiger partial charge on any atom is 0.512 e. The van der Waals surface area contributed by atoms with E-state index in [0.717, 1.165) is 41.9 Å². The Morgan fingerprint density at radius 3 is 2.30 bits per heavy atom. The van der Waals surface area contributed by atoms with Crippen LogP contribution in [-0.4, -0.2) is 30.3 Å². The number of carbonyl (C=O) groups excluding carboxylic acids is 1. The van der Waals surface area contributed by atoms with Gasteiger partial charge in [0.05, 0.1) is 12.8 Å². The number of nitrogens with zero attached hydrogens (tertiary/aromatic N) is 1. The molecule has 3 rings (SSSR count). The van der Waals surface area contributed by atoms with Crippen LogP contribution in [0.1, 0.15) is 46.5 Å². The van der Waals surface area contributed by atoms with Gasteiger partial charge in [0.1, 0.15) is 5.75 Å². The highest BCUT2D eigenvalue weighted by Crippen LogP contribution is 2.45. The van der Waals surface area contributed by atoms with Crippen LogP contribution in [0.2, 0.25) is 0 Å². The van der Waals surface area contributed by atoms with Crippen LogP contribution in [0.5, 0.6) is 10.8 Å². The van der Waals surface area contributed by atoms with E-state index in [-0.39, 0.29) is 22.9 Å². The lowest BCUT2D eigenvalue weighted by Crippen LogP contribution is -2.42. The van der Waals surface area contributed by atoms with Crippen molar-refractivity contribution in [3.05, 3.63) is 30.3 Å². The molecule has 0 saturated heterocycles. The van der Waals surface area contributed by atoms with Gasteiger partial charge in [0.2, 0.25) is 11.0 Å². The molecule has 7 heteroatoms. The van der Waals surface area contributed by atoms with Crippen molar-refractivity contribution >= 4 is 29.1 Å². The fourth-order valence-corrected chi connectivity index (χ4v) is 4.94. The first-order valence-corrected chi connectivity index (χ1v) is 11.1. The molecular formula is C23H29NO5S. The molecule has 0 spiro atoms. The number of amides is 1. The van der Waals surface area contributed by atoms with E-state index in [9.17, 15) is 14.7 Å². The summed E-state index contributed by atoms with van der Waals surface area (Å²) in [5, 5.41) is 9.46. The summed E-state index contributed by atoms with van der Waals surface area (Å²) >= 11 is 1.23. The van der Waals surface area contributed by atoms with Gasteiger partial charge < -0.3 is 19.5 Å². The number of rotatable bonds is 6. The fraction of sp³-hybridized carbons (Fsp3) is 0.478. The first-order chi connectivity index (χ1) is 14.3. The zero-order valence-corrected chi connectivity index (χ0v) is 18.7. The molecule has 1 aromatic heterocycles. The Hall–Kier alpha value is -2.54. The molecule has 1 aliphatic rings. The van der Waals surface area contributed by atoms with E-state index in [2.05, 4.69) is 6.92 Å². The molecule has 1 fully saturated rings. The number of hydrogen-bond donors (Lipinski definition) is 1. The van der Waals surface area contributed by atoms with Crippen LogP contribution in [0.3, 0.4) is 0 Å². The molecule has 0 atom stereocenters. The number of methoxy groups -OCH3 is 1. The first-order valence-electron chi connectivity index (χ1n) is 10.3. The van der Waals surface area contributed by atoms with Crippen molar-refractivity contribution in [1.82, 2.24) is 0 Å². The lowest BCUT2D eigenvalue weighted by atomic mass is 9.82. The molecule has 0 unspecified atom stereocenters. The number of carbonyl (C=O) groups is 2. The van der Waals surface area contributed by atoms with Gasteiger partial charge >= 0.3 is 6.16 Å². The molecule has 1 saturated carbocycles. The van der Waals surface area contributed by atoms with E-state index in [1.165, 1.54) is 11.3 Å². The van der Waals surface area contributed by atoms with Crippen molar-refractivity contribution in [3.63, 3.8) is 0 Å². The zero-order chi connectivity index (χ0) is 21.8. The monoisotopic (exact) mass is 431 g/mol. The third kappa shape index (κ3) is 4.95. The van der Waals surface area contributed by atoms with E-state index >= 15 is 0 Å². The molecule has 1 aromatic carbocycles. The van der Waals surface area contributed by atoms with Gasteiger partial charge in [0.15, 0.2) is 0 Å². The van der Waals surface area contributed by atoms with Crippen LogP contribution >= 0.6 is 11.3 Å². The topological polar surface area (TPSA) is 76.1 Å². The largest absolute Gasteiger partial charge is 0.512 e. The second-order valence-electron chi connectivity index (χ2n) is 8.14. The highest BCUT2D eigenvalue weighted by molar-refractivity contribution is 7.18. The molecule has 1 heterocycles. The van der Waals surface area contributed by atoms with E-state index in [1.54, 1.807) is 12.0 Å². The Morgan fingerprint density at radius 1 is 1.13 bits per heavy atom. The van der Waals surface area contributed by atoms with Gasteiger partial charge in [-0.1, -0.05) is 18.3 Å². The van der Waals surface area contributed by atoms with Crippen molar-refractivity contribution in [2.75, 3.05) is 12.0 Å². The molecule has 1 N–H and O–H groups in total. The Kier molecular flexibility index (Phi) is 7.02. The Balaban J connectivity index is 1.97. The summed E-state index contributed by atoms with van der Waals surface area (Å²) in [6.45, 7) is 6.11. The summed E-state index contributed by atoms with van der Waals surface area (Å²) in [4.78, 5) is 27.3. The van der Waals surface area contributed by atoms with E-state index < -0.39 is 6.16 Å². The smallest absolute Gasteiger partial charge is 0.497 e. The average molecular weight is 432 g/mol.